The monoisotopic (exact) mass is 437 g/mol. The van der Waals surface area contributed by atoms with Gasteiger partial charge in [-0.05, 0) is 78.5 Å². The first-order valence-corrected chi connectivity index (χ1v) is 12.4. The second-order valence-corrected chi connectivity index (χ2v) is 10.5. The smallest absolute Gasteiger partial charge is 0.268 e. The van der Waals surface area contributed by atoms with Crippen molar-refractivity contribution in [3.63, 3.8) is 0 Å². The van der Waals surface area contributed by atoms with Gasteiger partial charge in [0.2, 0.25) is 15.8 Å². The minimum Gasteiger partial charge on any atom is -0.378 e. The molecule has 0 spiro atoms. The summed E-state index contributed by atoms with van der Waals surface area (Å²) in [6.07, 6.45) is 6.64. The number of hydrogen-bond acceptors (Lipinski definition) is 6. The van der Waals surface area contributed by atoms with Gasteiger partial charge in [-0.2, -0.15) is 4.98 Å². The number of nitrogens with one attached hydrogen (secondary N) is 2. The van der Waals surface area contributed by atoms with Gasteiger partial charge in [0.15, 0.2) is 0 Å². The number of rotatable bonds is 6. The molecule has 2 N–H and O–H groups in total. The molecule has 0 atom stereocenters. The van der Waals surface area contributed by atoms with E-state index in [-0.39, 0.29) is 10.9 Å². The lowest BCUT2D eigenvalue weighted by Gasteiger charge is -2.15. The van der Waals surface area contributed by atoms with Gasteiger partial charge in [0, 0.05) is 25.5 Å². The molecule has 2 aliphatic rings. The highest BCUT2D eigenvalue weighted by Gasteiger charge is 2.26. The molecule has 0 amide bonds. The highest BCUT2D eigenvalue weighted by molar-refractivity contribution is 7.90. The van der Waals surface area contributed by atoms with E-state index in [1.165, 1.54) is 22.3 Å². The summed E-state index contributed by atoms with van der Waals surface area (Å²) in [5, 5.41) is 10.0. The fourth-order valence-electron chi connectivity index (χ4n) is 4.74. The van der Waals surface area contributed by atoms with Crippen LogP contribution in [0.4, 0.5) is 17.3 Å². The molecule has 162 valence electrons. The average Bonchev–Trinajstić information content (AvgIpc) is 3.48. The number of sulfone groups is 1. The van der Waals surface area contributed by atoms with Crippen LogP contribution in [0.3, 0.4) is 0 Å². The standard InChI is InChI=1S/C23H27N5O2S/c1-28(2)18-9-3-6-15(12-18)14-31(29,30)23-25-22(26-27-23)24-21-19-10-4-7-16(19)13-17-8-5-11-20(17)21/h3,6,9,12-13H,4-5,7-8,10-11,14H2,1-2H3,(H2,24,25,26,27). The van der Waals surface area contributed by atoms with Crippen molar-refractivity contribution in [2.75, 3.05) is 24.3 Å². The Morgan fingerprint density at radius 3 is 2.42 bits per heavy atom. The van der Waals surface area contributed by atoms with Crippen molar-refractivity contribution in [1.29, 1.82) is 0 Å². The Morgan fingerprint density at radius 2 is 1.74 bits per heavy atom. The van der Waals surface area contributed by atoms with Gasteiger partial charge < -0.3 is 10.2 Å². The van der Waals surface area contributed by atoms with Gasteiger partial charge in [-0.15, -0.1) is 5.10 Å². The molecular weight excluding hydrogens is 410 g/mol. The van der Waals surface area contributed by atoms with Crippen LogP contribution in [-0.4, -0.2) is 37.7 Å². The summed E-state index contributed by atoms with van der Waals surface area (Å²) in [4.78, 5) is 6.25. The van der Waals surface area contributed by atoms with Crippen molar-refractivity contribution in [2.24, 2.45) is 0 Å². The Hall–Kier alpha value is -2.87. The van der Waals surface area contributed by atoms with Crippen molar-refractivity contribution in [3.05, 3.63) is 58.1 Å². The van der Waals surface area contributed by atoms with E-state index < -0.39 is 9.84 Å². The first-order chi connectivity index (χ1) is 14.9. The summed E-state index contributed by atoms with van der Waals surface area (Å²) in [5.74, 6) is 0.247. The summed E-state index contributed by atoms with van der Waals surface area (Å²) < 4.78 is 25.9. The van der Waals surface area contributed by atoms with E-state index in [1.54, 1.807) is 0 Å². The van der Waals surface area contributed by atoms with Crippen LogP contribution in [0.1, 0.15) is 40.7 Å². The Labute approximate surface area is 182 Å². The van der Waals surface area contributed by atoms with Gasteiger partial charge >= 0.3 is 0 Å². The largest absolute Gasteiger partial charge is 0.378 e. The second kappa shape index (κ2) is 7.67. The zero-order valence-corrected chi connectivity index (χ0v) is 18.7. The van der Waals surface area contributed by atoms with Crippen molar-refractivity contribution < 1.29 is 8.42 Å². The maximum atomic E-state index is 12.9. The Bertz CT molecular complexity index is 1210. The molecule has 2 aliphatic carbocycles. The lowest BCUT2D eigenvalue weighted by atomic mass is 9.99. The number of anilines is 3. The van der Waals surface area contributed by atoms with Crippen LogP contribution in [0.2, 0.25) is 0 Å². The highest BCUT2D eigenvalue weighted by Crippen LogP contribution is 2.39. The van der Waals surface area contributed by atoms with Crippen LogP contribution in [0, 0.1) is 0 Å². The molecule has 8 heteroatoms. The van der Waals surface area contributed by atoms with Crippen LogP contribution in [0.25, 0.3) is 0 Å². The molecule has 7 nitrogen and oxygen atoms in total. The third-order valence-corrected chi connectivity index (χ3v) is 7.70. The molecule has 31 heavy (non-hydrogen) atoms. The van der Waals surface area contributed by atoms with E-state index in [0.717, 1.165) is 49.9 Å². The van der Waals surface area contributed by atoms with Gasteiger partial charge in [-0.1, -0.05) is 18.2 Å². The average molecular weight is 438 g/mol. The van der Waals surface area contributed by atoms with Crippen molar-refractivity contribution >= 4 is 27.2 Å². The summed E-state index contributed by atoms with van der Waals surface area (Å²) in [5.41, 5.74) is 8.30. The van der Waals surface area contributed by atoms with Crippen molar-refractivity contribution in [1.82, 2.24) is 15.2 Å². The Kier molecular flexibility index (Phi) is 4.97. The second-order valence-electron chi connectivity index (χ2n) is 8.65. The molecule has 0 aliphatic heterocycles. The minimum absolute atomic E-state index is 0.137. The molecule has 0 saturated heterocycles. The Morgan fingerprint density at radius 1 is 1.03 bits per heavy atom. The number of hydrogen-bond donors (Lipinski definition) is 2. The van der Waals surface area contributed by atoms with E-state index in [2.05, 4.69) is 26.6 Å². The maximum absolute atomic E-state index is 12.9. The fraction of sp³-hybridized carbons (Fsp3) is 0.391. The van der Waals surface area contributed by atoms with Crippen LogP contribution < -0.4 is 10.2 Å². The van der Waals surface area contributed by atoms with E-state index in [0.29, 0.717) is 11.5 Å². The van der Waals surface area contributed by atoms with Gasteiger partial charge in [-0.25, -0.2) is 13.5 Å². The summed E-state index contributed by atoms with van der Waals surface area (Å²) in [6, 6.07) is 9.87. The fourth-order valence-corrected chi connectivity index (χ4v) is 5.90. The zero-order valence-electron chi connectivity index (χ0n) is 17.9. The van der Waals surface area contributed by atoms with Crippen molar-refractivity contribution in [2.45, 2.75) is 49.4 Å². The molecule has 1 heterocycles. The number of nitrogens with zero attached hydrogens (tertiary/aromatic N) is 3. The van der Waals surface area contributed by atoms with E-state index in [1.807, 2.05) is 43.3 Å². The van der Waals surface area contributed by atoms with Crippen LogP contribution in [-0.2, 0) is 41.3 Å². The van der Waals surface area contributed by atoms with E-state index in [9.17, 15) is 8.42 Å². The number of aromatic amines is 1. The zero-order chi connectivity index (χ0) is 21.6. The highest BCUT2D eigenvalue weighted by atomic mass is 32.2. The van der Waals surface area contributed by atoms with Crippen LogP contribution in [0.5, 0.6) is 0 Å². The van der Waals surface area contributed by atoms with Gasteiger partial charge in [0.1, 0.15) is 0 Å². The molecule has 2 aromatic carbocycles. The molecule has 0 unspecified atom stereocenters. The number of H-pyrrole nitrogens is 1. The van der Waals surface area contributed by atoms with Gasteiger partial charge in [0.05, 0.1) is 5.75 Å². The molecule has 5 rings (SSSR count). The predicted octanol–water partition coefficient (Wildman–Crippen LogP) is 3.57. The molecule has 0 bridgehead atoms. The number of fused-ring (bicyclic) bond motifs is 2. The third-order valence-electron chi connectivity index (χ3n) is 6.24. The third kappa shape index (κ3) is 3.80. The molecule has 0 radical (unpaired) electrons. The molecule has 1 aromatic heterocycles. The first-order valence-electron chi connectivity index (χ1n) is 10.8. The number of aryl methyl sites for hydroxylation is 2. The van der Waals surface area contributed by atoms with E-state index >= 15 is 0 Å². The first kappa shape index (κ1) is 20.1. The maximum Gasteiger partial charge on any atom is 0.268 e. The molecular formula is C23H27N5O2S. The Balaban J connectivity index is 1.41. The number of benzene rings is 2. The molecule has 0 saturated carbocycles. The van der Waals surface area contributed by atoms with Crippen molar-refractivity contribution in [3.8, 4) is 0 Å². The quantitative estimate of drug-likeness (QED) is 0.613. The summed E-state index contributed by atoms with van der Waals surface area (Å²) in [7, 11) is 0.195. The summed E-state index contributed by atoms with van der Waals surface area (Å²) >= 11 is 0. The van der Waals surface area contributed by atoms with Gasteiger partial charge in [0.25, 0.3) is 5.16 Å². The lowest BCUT2D eigenvalue weighted by Crippen LogP contribution is -2.10. The molecule has 0 fully saturated rings. The summed E-state index contributed by atoms with van der Waals surface area (Å²) in [6.45, 7) is 0. The predicted molar refractivity (Wildman–Crippen MR) is 122 cm³/mol. The SMILES string of the molecule is CN(C)c1cccc(CS(=O)(=O)c2n[nH]c(Nc3c4c(cc5c3CCC5)CCC4)n2)c1. The topological polar surface area (TPSA) is 91.0 Å². The van der Waals surface area contributed by atoms with Crippen LogP contribution >= 0.6 is 0 Å². The minimum atomic E-state index is -3.66. The number of aromatic nitrogens is 3. The van der Waals surface area contributed by atoms with Crippen LogP contribution in [0.15, 0.2) is 35.5 Å². The van der Waals surface area contributed by atoms with Gasteiger partial charge in [-0.3, -0.25) is 0 Å². The molecule has 3 aromatic rings. The lowest BCUT2D eigenvalue weighted by molar-refractivity contribution is 0.587. The normalized spacial score (nSPS) is 15.0. The van der Waals surface area contributed by atoms with E-state index in [4.69, 9.17) is 0 Å².